The third-order valence-corrected chi connectivity index (χ3v) is 3.88. The average molecular weight is 317 g/mol. The van der Waals surface area contributed by atoms with Crippen LogP contribution in [0.3, 0.4) is 0 Å². The van der Waals surface area contributed by atoms with Crippen LogP contribution in [0.15, 0.2) is 24.0 Å². The van der Waals surface area contributed by atoms with Gasteiger partial charge < -0.3 is 15.5 Å². The fourth-order valence-electron chi connectivity index (χ4n) is 2.54. The largest absolute Gasteiger partial charge is 0.369 e. The Labute approximate surface area is 138 Å². The zero-order valence-corrected chi connectivity index (χ0v) is 14.1. The number of hydrogen-bond acceptors (Lipinski definition) is 5. The van der Waals surface area contributed by atoms with Crippen molar-refractivity contribution in [1.29, 1.82) is 0 Å². The number of nitrogens with one attached hydrogen (secondary N) is 2. The van der Waals surface area contributed by atoms with Gasteiger partial charge in [0.1, 0.15) is 17.8 Å². The number of carbonyl (C=O) groups is 1. The van der Waals surface area contributed by atoms with E-state index < -0.39 is 0 Å². The van der Waals surface area contributed by atoms with Crippen LogP contribution in [0.2, 0.25) is 0 Å². The molecule has 6 nitrogen and oxygen atoms in total. The molecule has 1 aliphatic rings. The third kappa shape index (κ3) is 6.36. The molecule has 0 radical (unpaired) electrons. The van der Waals surface area contributed by atoms with Crippen LogP contribution in [0.25, 0.3) is 0 Å². The van der Waals surface area contributed by atoms with Crippen LogP contribution in [-0.4, -0.2) is 54.5 Å². The Balaban J connectivity index is 1.78. The molecule has 0 unspecified atom stereocenters. The monoisotopic (exact) mass is 317 g/mol. The molecule has 1 aromatic rings. The van der Waals surface area contributed by atoms with Gasteiger partial charge in [-0.1, -0.05) is 11.6 Å². The highest BCUT2D eigenvalue weighted by Gasteiger charge is 2.09. The first-order valence-electron chi connectivity index (χ1n) is 8.32. The third-order valence-electron chi connectivity index (χ3n) is 3.88. The molecule has 6 heteroatoms. The molecule has 0 saturated carbocycles. The van der Waals surface area contributed by atoms with Crippen molar-refractivity contribution in [2.24, 2.45) is 0 Å². The minimum atomic E-state index is -0.139. The molecule has 23 heavy (non-hydrogen) atoms. The summed E-state index contributed by atoms with van der Waals surface area (Å²) in [5, 5.41) is 6.14. The smallest absolute Gasteiger partial charge is 0.270 e. The maximum Gasteiger partial charge on any atom is 0.270 e. The van der Waals surface area contributed by atoms with Gasteiger partial charge in [-0.3, -0.25) is 4.79 Å². The molecular weight excluding hydrogens is 290 g/mol. The minimum absolute atomic E-state index is 0.139. The van der Waals surface area contributed by atoms with Crippen LogP contribution < -0.4 is 10.6 Å². The Morgan fingerprint density at radius 3 is 2.87 bits per heavy atom. The molecule has 0 aromatic carbocycles. The quantitative estimate of drug-likeness (QED) is 0.718. The van der Waals surface area contributed by atoms with Crippen LogP contribution >= 0.6 is 0 Å². The van der Waals surface area contributed by atoms with Crippen LogP contribution in [0.1, 0.15) is 42.6 Å². The molecule has 1 heterocycles. The summed E-state index contributed by atoms with van der Waals surface area (Å²) in [4.78, 5) is 22.5. The normalized spacial score (nSPS) is 14.5. The number of rotatable bonds is 8. The highest BCUT2D eigenvalue weighted by atomic mass is 16.1. The van der Waals surface area contributed by atoms with E-state index in [1.54, 1.807) is 6.07 Å². The van der Waals surface area contributed by atoms with Gasteiger partial charge in [-0.05, 0) is 46.2 Å². The van der Waals surface area contributed by atoms with E-state index in [2.05, 4.69) is 31.6 Å². The Hall–Kier alpha value is -1.95. The molecular formula is C17H27N5O. The lowest BCUT2D eigenvalue weighted by atomic mass is 9.97. The summed E-state index contributed by atoms with van der Waals surface area (Å²) in [5.41, 5.74) is 1.87. The molecule has 0 atom stereocenters. The lowest BCUT2D eigenvalue weighted by Gasteiger charge is -2.13. The first-order valence-corrected chi connectivity index (χ1v) is 8.32. The predicted molar refractivity (Wildman–Crippen MR) is 92.6 cm³/mol. The van der Waals surface area contributed by atoms with Crippen LogP contribution in [0, 0.1) is 0 Å². The summed E-state index contributed by atoms with van der Waals surface area (Å²) in [7, 11) is 4.03. The predicted octanol–water partition coefficient (Wildman–Crippen LogP) is 2.07. The van der Waals surface area contributed by atoms with E-state index in [9.17, 15) is 4.79 Å². The highest BCUT2D eigenvalue weighted by molar-refractivity contribution is 5.92. The maximum atomic E-state index is 12.2. The zero-order valence-electron chi connectivity index (χ0n) is 14.1. The first-order chi connectivity index (χ1) is 11.1. The Bertz CT molecular complexity index is 542. The van der Waals surface area contributed by atoms with Crippen molar-refractivity contribution in [2.75, 3.05) is 39.0 Å². The van der Waals surface area contributed by atoms with Crippen molar-refractivity contribution >= 4 is 11.7 Å². The van der Waals surface area contributed by atoms with Crippen LogP contribution in [-0.2, 0) is 0 Å². The van der Waals surface area contributed by atoms with Gasteiger partial charge in [0, 0.05) is 25.7 Å². The molecule has 126 valence electrons. The van der Waals surface area contributed by atoms with Gasteiger partial charge >= 0.3 is 0 Å². The molecule has 0 fully saturated rings. The molecule has 0 saturated heterocycles. The summed E-state index contributed by atoms with van der Waals surface area (Å²) >= 11 is 0. The van der Waals surface area contributed by atoms with Crippen molar-refractivity contribution in [2.45, 2.75) is 32.1 Å². The van der Waals surface area contributed by atoms with E-state index in [0.717, 1.165) is 19.5 Å². The SMILES string of the molecule is CN(C)CCNc1cc(C(=O)NCCC2=CCCCC2)ncn1. The number of anilines is 1. The lowest BCUT2D eigenvalue weighted by molar-refractivity contribution is 0.0949. The van der Waals surface area contributed by atoms with Crippen molar-refractivity contribution in [3.63, 3.8) is 0 Å². The summed E-state index contributed by atoms with van der Waals surface area (Å²) in [5.74, 6) is 0.543. The van der Waals surface area contributed by atoms with Gasteiger partial charge in [0.2, 0.25) is 0 Å². The molecule has 0 spiro atoms. The van der Waals surface area contributed by atoms with E-state index in [-0.39, 0.29) is 5.91 Å². The highest BCUT2D eigenvalue weighted by Crippen LogP contribution is 2.19. The summed E-state index contributed by atoms with van der Waals surface area (Å²) in [6, 6.07) is 1.70. The number of nitrogens with zero attached hydrogens (tertiary/aromatic N) is 3. The zero-order chi connectivity index (χ0) is 16.5. The number of aromatic nitrogens is 2. The Kier molecular flexibility index (Phi) is 7.00. The van der Waals surface area contributed by atoms with Crippen molar-refractivity contribution in [3.8, 4) is 0 Å². The van der Waals surface area contributed by atoms with E-state index in [1.807, 2.05) is 14.1 Å². The number of carbonyl (C=O) groups excluding carboxylic acids is 1. The summed E-state index contributed by atoms with van der Waals surface area (Å²) in [6.07, 6.45) is 9.59. The number of likely N-dealkylation sites (N-methyl/N-ethyl adjacent to an activating group) is 1. The van der Waals surface area contributed by atoms with Crippen molar-refractivity contribution < 1.29 is 4.79 Å². The van der Waals surface area contributed by atoms with E-state index >= 15 is 0 Å². The topological polar surface area (TPSA) is 70.2 Å². The molecule has 2 N–H and O–H groups in total. The summed E-state index contributed by atoms with van der Waals surface area (Å²) < 4.78 is 0. The van der Waals surface area contributed by atoms with E-state index in [0.29, 0.717) is 18.1 Å². The van der Waals surface area contributed by atoms with E-state index in [4.69, 9.17) is 0 Å². The molecule has 1 aromatic heterocycles. The van der Waals surface area contributed by atoms with E-state index in [1.165, 1.54) is 37.6 Å². The molecule has 0 aliphatic heterocycles. The second-order valence-corrected chi connectivity index (χ2v) is 6.13. The van der Waals surface area contributed by atoms with Gasteiger partial charge in [-0.2, -0.15) is 0 Å². The average Bonchev–Trinajstić information content (AvgIpc) is 2.56. The molecule has 0 bridgehead atoms. The minimum Gasteiger partial charge on any atom is -0.369 e. The molecule has 1 aliphatic carbocycles. The number of amides is 1. The Morgan fingerprint density at radius 2 is 2.13 bits per heavy atom. The lowest BCUT2D eigenvalue weighted by Crippen LogP contribution is -2.26. The van der Waals surface area contributed by atoms with Gasteiger partial charge in [0.25, 0.3) is 5.91 Å². The van der Waals surface area contributed by atoms with Crippen LogP contribution in [0.4, 0.5) is 5.82 Å². The fourth-order valence-corrected chi connectivity index (χ4v) is 2.54. The standard InChI is InChI=1S/C17H27N5O/c1-22(2)11-10-18-16-12-15(20-13-21-16)17(23)19-9-8-14-6-4-3-5-7-14/h6,12-13H,3-5,7-11H2,1-2H3,(H,19,23)(H,18,20,21). The number of allylic oxidation sites excluding steroid dienone is 1. The van der Waals surface area contributed by atoms with Crippen molar-refractivity contribution in [3.05, 3.63) is 29.7 Å². The van der Waals surface area contributed by atoms with Gasteiger partial charge in [-0.15, -0.1) is 0 Å². The second kappa shape index (κ2) is 9.25. The van der Waals surface area contributed by atoms with Crippen molar-refractivity contribution in [1.82, 2.24) is 20.2 Å². The summed E-state index contributed by atoms with van der Waals surface area (Å²) in [6.45, 7) is 2.35. The van der Waals surface area contributed by atoms with Gasteiger partial charge in [0.05, 0.1) is 0 Å². The maximum absolute atomic E-state index is 12.2. The van der Waals surface area contributed by atoms with Crippen LogP contribution in [0.5, 0.6) is 0 Å². The van der Waals surface area contributed by atoms with Gasteiger partial charge in [0.15, 0.2) is 0 Å². The number of hydrogen-bond donors (Lipinski definition) is 2. The fraction of sp³-hybridized carbons (Fsp3) is 0.588. The second-order valence-electron chi connectivity index (χ2n) is 6.13. The Morgan fingerprint density at radius 1 is 1.26 bits per heavy atom. The molecule has 1 amide bonds. The first kappa shape index (κ1) is 17.4. The van der Waals surface area contributed by atoms with Gasteiger partial charge in [-0.25, -0.2) is 9.97 Å². The molecule has 2 rings (SSSR count).